The van der Waals surface area contributed by atoms with Crippen molar-refractivity contribution < 1.29 is 18.0 Å². The highest BCUT2D eigenvalue weighted by Gasteiger charge is 2.25. The van der Waals surface area contributed by atoms with Gasteiger partial charge >= 0.3 is 0 Å². The number of H-pyrrole nitrogens is 1. The number of nitrogens with one attached hydrogen (secondary N) is 2. The standard InChI is InChI=1S/C23H29N5O4S/c1-3-21(29)25-16-5-4-10-27(14-16)20-7-6-17(23(24)30)22-18(20)13-19(26-22)15-8-11-28(12-9-15)33(2,31)32/h3,6-8,13,16,26H,1,4-5,9-12,14H2,2H3,(H2,24,30)(H,25,29)/t16-/m1/s1. The zero-order chi connectivity index (χ0) is 23.8. The Morgan fingerprint density at radius 2 is 2.09 bits per heavy atom. The molecular formula is C23H29N5O4S. The van der Waals surface area contributed by atoms with Crippen molar-refractivity contribution in [2.75, 3.05) is 37.3 Å². The topological polar surface area (TPSA) is 129 Å². The molecule has 10 heteroatoms. The highest BCUT2D eigenvalue weighted by molar-refractivity contribution is 7.88. The van der Waals surface area contributed by atoms with Crippen LogP contribution in [0.15, 0.2) is 36.9 Å². The summed E-state index contributed by atoms with van der Waals surface area (Å²) in [7, 11) is -3.24. The van der Waals surface area contributed by atoms with Gasteiger partial charge in [-0.25, -0.2) is 8.42 Å². The molecule has 2 aliphatic heterocycles. The number of aromatic nitrogens is 1. The van der Waals surface area contributed by atoms with E-state index in [-0.39, 0.29) is 11.9 Å². The van der Waals surface area contributed by atoms with Gasteiger partial charge in [-0.1, -0.05) is 12.7 Å². The third-order valence-corrected chi connectivity index (χ3v) is 7.59. The van der Waals surface area contributed by atoms with Crippen molar-refractivity contribution in [1.82, 2.24) is 14.6 Å². The lowest BCUT2D eigenvalue weighted by molar-refractivity contribution is -0.117. The zero-order valence-electron chi connectivity index (χ0n) is 18.6. The van der Waals surface area contributed by atoms with Crippen molar-refractivity contribution in [2.24, 2.45) is 5.73 Å². The first-order chi connectivity index (χ1) is 15.7. The number of carbonyl (C=O) groups is 2. The van der Waals surface area contributed by atoms with Gasteiger partial charge in [-0.2, -0.15) is 4.31 Å². The van der Waals surface area contributed by atoms with Crippen LogP contribution in [0.2, 0.25) is 0 Å². The fourth-order valence-corrected chi connectivity index (χ4v) is 5.40. The van der Waals surface area contributed by atoms with Gasteiger partial charge in [-0.05, 0) is 49.1 Å². The molecule has 0 bridgehead atoms. The first kappa shape index (κ1) is 23.1. The number of primary amides is 1. The number of rotatable bonds is 6. The number of hydrogen-bond acceptors (Lipinski definition) is 5. The van der Waals surface area contributed by atoms with E-state index in [0.717, 1.165) is 41.7 Å². The molecule has 1 saturated heterocycles. The van der Waals surface area contributed by atoms with E-state index >= 15 is 0 Å². The molecule has 3 heterocycles. The Morgan fingerprint density at radius 3 is 2.73 bits per heavy atom. The molecule has 33 heavy (non-hydrogen) atoms. The van der Waals surface area contributed by atoms with Crippen LogP contribution in [0.5, 0.6) is 0 Å². The largest absolute Gasteiger partial charge is 0.369 e. The Labute approximate surface area is 193 Å². The Hall–Kier alpha value is -3.11. The van der Waals surface area contributed by atoms with Crippen LogP contribution in [-0.4, -0.2) is 68.0 Å². The summed E-state index contributed by atoms with van der Waals surface area (Å²) in [5, 5.41) is 3.85. The van der Waals surface area contributed by atoms with Crippen LogP contribution < -0.4 is 16.0 Å². The van der Waals surface area contributed by atoms with Gasteiger partial charge in [0, 0.05) is 49.0 Å². The maximum atomic E-state index is 12.1. The predicted molar refractivity (Wildman–Crippen MR) is 129 cm³/mol. The van der Waals surface area contributed by atoms with Crippen molar-refractivity contribution in [3.8, 4) is 0 Å². The number of sulfonamides is 1. The smallest absolute Gasteiger partial charge is 0.250 e. The quantitative estimate of drug-likeness (QED) is 0.551. The van der Waals surface area contributed by atoms with Gasteiger partial charge < -0.3 is 20.9 Å². The van der Waals surface area contributed by atoms with E-state index in [1.807, 2.05) is 18.2 Å². The van der Waals surface area contributed by atoms with Gasteiger partial charge in [-0.3, -0.25) is 9.59 Å². The molecule has 4 rings (SSSR count). The molecule has 1 atom stereocenters. The number of nitrogens with two attached hydrogens (primary N) is 1. The van der Waals surface area contributed by atoms with E-state index in [1.165, 1.54) is 16.6 Å². The van der Waals surface area contributed by atoms with Crippen LogP contribution >= 0.6 is 0 Å². The second-order valence-electron chi connectivity index (χ2n) is 8.57. The molecule has 0 aliphatic carbocycles. The summed E-state index contributed by atoms with van der Waals surface area (Å²) < 4.78 is 25.1. The highest BCUT2D eigenvalue weighted by Crippen LogP contribution is 2.35. The lowest BCUT2D eigenvalue weighted by atomic mass is 10.0. The second kappa shape index (κ2) is 9.03. The number of benzene rings is 1. The second-order valence-corrected chi connectivity index (χ2v) is 10.5. The molecule has 176 valence electrons. The molecule has 1 aromatic carbocycles. The molecular weight excluding hydrogens is 442 g/mol. The number of piperidine rings is 1. The number of hydrogen-bond donors (Lipinski definition) is 3. The normalized spacial score (nSPS) is 19.8. The highest BCUT2D eigenvalue weighted by atomic mass is 32.2. The minimum atomic E-state index is -3.24. The van der Waals surface area contributed by atoms with Gasteiger partial charge in [-0.15, -0.1) is 0 Å². The molecule has 2 amide bonds. The fraction of sp³-hybridized carbons (Fsp3) is 0.391. The van der Waals surface area contributed by atoms with E-state index in [9.17, 15) is 18.0 Å². The Morgan fingerprint density at radius 1 is 1.30 bits per heavy atom. The van der Waals surface area contributed by atoms with Crippen molar-refractivity contribution in [3.63, 3.8) is 0 Å². The lowest BCUT2D eigenvalue weighted by Gasteiger charge is -2.35. The molecule has 1 fully saturated rings. The summed E-state index contributed by atoms with van der Waals surface area (Å²) in [5.74, 6) is -0.706. The zero-order valence-corrected chi connectivity index (χ0v) is 19.5. The van der Waals surface area contributed by atoms with Crippen LogP contribution in [0.25, 0.3) is 16.5 Å². The Kier molecular flexibility index (Phi) is 6.31. The third-order valence-electron chi connectivity index (χ3n) is 6.32. The first-order valence-corrected chi connectivity index (χ1v) is 12.8. The molecule has 0 saturated carbocycles. The molecule has 0 radical (unpaired) electrons. The van der Waals surface area contributed by atoms with Gasteiger partial charge in [0.05, 0.1) is 17.3 Å². The number of anilines is 1. The van der Waals surface area contributed by atoms with Gasteiger partial charge in [0.25, 0.3) is 5.91 Å². The minimum Gasteiger partial charge on any atom is -0.369 e. The lowest BCUT2D eigenvalue weighted by Crippen LogP contribution is -2.47. The predicted octanol–water partition coefficient (Wildman–Crippen LogP) is 1.59. The molecule has 4 N–H and O–H groups in total. The summed E-state index contributed by atoms with van der Waals surface area (Å²) in [4.78, 5) is 29.4. The summed E-state index contributed by atoms with van der Waals surface area (Å²) in [6.07, 6.45) is 6.77. The van der Waals surface area contributed by atoms with Gasteiger partial charge in [0.1, 0.15) is 0 Å². The molecule has 0 unspecified atom stereocenters. The van der Waals surface area contributed by atoms with Crippen LogP contribution in [-0.2, 0) is 14.8 Å². The summed E-state index contributed by atoms with van der Waals surface area (Å²) in [6, 6.07) is 5.65. The van der Waals surface area contributed by atoms with Crippen molar-refractivity contribution in [2.45, 2.75) is 25.3 Å². The van der Waals surface area contributed by atoms with E-state index in [2.05, 4.69) is 21.8 Å². The average molecular weight is 472 g/mol. The summed E-state index contributed by atoms with van der Waals surface area (Å²) >= 11 is 0. The number of carbonyl (C=O) groups excluding carboxylic acids is 2. The summed E-state index contributed by atoms with van der Waals surface area (Å²) in [5.41, 5.74) is 9.52. The van der Waals surface area contributed by atoms with Gasteiger partial charge in [0.2, 0.25) is 15.9 Å². The van der Waals surface area contributed by atoms with E-state index in [1.54, 1.807) is 6.07 Å². The number of amides is 2. The number of fused-ring (bicyclic) bond motifs is 1. The average Bonchev–Trinajstić information content (AvgIpc) is 3.23. The van der Waals surface area contributed by atoms with E-state index in [0.29, 0.717) is 37.1 Å². The van der Waals surface area contributed by atoms with Crippen LogP contribution in [0.1, 0.15) is 35.3 Å². The Balaban J connectivity index is 1.69. The SMILES string of the molecule is C=CC(=O)N[C@@H]1CCCN(c2ccc(C(N)=O)c3[nH]c(C4=CCN(S(C)(=O)=O)CC4)cc23)C1. The molecule has 0 spiro atoms. The third kappa shape index (κ3) is 4.81. The molecule has 2 aliphatic rings. The maximum absolute atomic E-state index is 12.1. The van der Waals surface area contributed by atoms with Crippen LogP contribution in [0, 0.1) is 0 Å². The number of nitrogens with zero attached hydrogens (tertiary/aromatic N) is 2. The monoisotopic (exact) mass is 471 g/mol. The maximum Gasteiger partial charge on any atom is 0.250 e. The number of aromatic amines is 1. The summed E-state index contributed by atoms with van der Waals surface area (Å²) in [6.45, 7) is 5.73. The van der Waals surface area contributed by atoms with E-state index in [4.69, 9.17) is 5.73 Å². The van der Waals surface area contributed by atoms with Crippen LogP contribution in [0.3, 0.4) is 0 Å². The Bertz CT molecular complexity index is 1250. The van der Waals surface area contributed by atoms with Gasteiger partial charge in [0.15, 0.2) is 0 Å². The van der Waals surface area contributed by atoms with Crippen LogP contribution in [0.4, 0.5) is 5.69 Å². The molecule has 2 aromatic rings. The molecule has 9 nitrogen and oxygen atoms in total. The van der Waals surface area contributed by atoms with Crippen molar-refractivity contribution >= 4 is 44.0 Å². The fourth-order valence-electron chi connectivity index (χ4n) is 4.63. The van der Waals surface area contributed by atoms with Crippen molar-refractivity contribution in [3.05, 3.63) is 48.2 Å². The van der Waals surface area contributed by atoms with E-state index < -0.39 is 15.9 Å². The molecule has 1 aromatic heterocycles. The van der Waals surface area contributed by atoms with Crippen molar-refractivity contribution in [1.29, 1.82) is 0 Å². The first-order valence-electron chi connectivity index (χ1n) is 11.0. The minimum absolute atomic E-state index is 0.0107.